The molecule has 2 rings (SSSR count). The Hall–Kier alpha value is -2.67. The Bertz CT molecular complexity index is 836. The summed E-state index contributed by atoms with van der Waals surface area (Å²) >= 11 is 1.01. The van der Waals surface area contributed by atoms with Gasteiger partial charge in [0.2, 0.25) is 0 Å². The monoisotopic (exact) mass is 318 g/mol. The van der Waals surface area contributed by atoms with Crippen molar-refractivity contribution in [2.45, 2.75) is 6.92 Å². The molecule has 0 saturated carbocycles. The van der Waals surface area contributed by atoms with E-state index in [0.717, 1.165) is 17.4 Å². The van der Waals surface area contributed by atoms with Gasteiger partial charge in [-0.05, 0) is 19.1 Å². The van der Waals surface area contributed by atoms with E-state index in [1.165, 1.54) is 6.08 Å². The van der Waals surface area contributed by atoms with Crippen molar-refractivity contribution in [1.29, 1.82) is 0 Å². The smallest absolute Gasteiger partial charge is 0.332 e. The third-order valence-electron chi connectivity index (χ3n) is 2.52. The zero-order chi connectivity index (χ0) is 15.9. The van der Waals surface area contributed by atoms with Crippen LogP contribution in [0.25, 0.3) is 12.2 Å². The van der Waals surface area contributed by atoms with E-state index < -0.39 is 11.5 Å². The number of nitrogens with one attached hydrogen (secondary N) is 2. The molecule has 7 heteroatoms. The lowest BCUT2D eigenvalue weighted by molar-refractivity contribution is -0.135. The van der Waals surface area contributed by atoms with Gasteiger partial charge in [-0.2, -0.15) is 0 Å². The predicted octanol–water partition coefficient (Wildman–Crippen LogP) is 0.199. The predicted molar refractivity (Wildman–Crippen MR) is 84.8 cm³/mol. The lowest BCUT2D eigenvalue weighted by Crippen LogP contribution is -2.22. The largest absolute Gasteiger partial charge is 0.463 e. The van der Waals surface area contributed by atoms with Gasteiger partial charge >= 0.3 is 5.97 Å². The van der Waals surface area contributed by atoms with Gasteiger partial charge in [-0.15, -0.1) is 11.3 Å². The Morgan fingerprint density at radius 2 is 2.00 bits per heavy atom. The lowest BCUT2D eigenvalue weighted by Gasteiger charge is -1.99. The molecule has 0 atom stereocenters. The molecule has 0 saturated heterocycles. The van der Waals surface area contributed by atoms with Crippen molar-refractivity contribution in [2.24, 2.45) is 0 Å². The maximum atomic E-state index is 11.8. The summed E-state index contributed by atoms with van der Waals surface area (Å²) in [6, 6.07) is 8.95. The van der Waals surface area contributed by atoms with Crippen LogP contribution < -0.4 is 20.1 Å². The summed E-state index contributed by atoms with van der Waals surface area (Å²) in [5, 5.41) is 2.67. The van der Waals surface area contributed by atoms with Crippen molar-refractivity contribution in [3.05, 3.63) is 49.9 Å². The van der Waals surface area contributed by atoms with Crippen LogP contribution in [0.2, 0.25) is 0 Å². The highest BCUT2D eigenvalue weighted by molar-refractivity contribution is 7.07. The molecule has 2 N–H and O–H groups in total. The fraction of sp³-hybridized carbons (Fsp3) is 0.133. The summed E-state index contributed by atoms with van der Waals surface area (Å²) in [7, 11) is 0. The van der Waals surface area contributed by atoms with E-state index in [2.05, 4.69) is 10.3 Å². The molecule has 114 valence electrons. The molecule has 1 heterocycles. The van der Waals surface area contributed by atoms with E-state index in [1.54, 1.807) is 31.2 Å². The van der Waals surface area contributed by atoms with Crippen molar-refractivity contribution in [2.75, 3.05) is 11.9 Å². The third-order valence-corrected chi connectivity index (χ3v) is 3.48. The van der Waals surface area contributed by atoms with Gasteiger partial charge in [0.25, 0.3) is 11.5 Å². The molecule has 1 aromatic heterocycles. The molecule has 2 aromatic rings. The van der Waals surface area contributed by atoms with Crippen molar-refractivity contribution in [3.8, 4) is 0 Å². The highest BCUT2D eigenvalue weighted by atomic mass is 32.1. The van der Waals surface area contributed by atoms with E-state index in [9.17, 15) is 14.4 Å². The van der Waals surface area contributed by atoms with Gasteiger partial charge in [-0.1, -0.05) is 18.2 Å². The van der Waals surface area contributed by atoms with Gasteiger partial charge in [0.1, 0.15) is 9.20 Å². The summed E-state index contributed by atoms with van der Waals surface area (Å²) < 4.78 is 5.29. The van der Waals surface area contributed by atoms with Crippen LogP contribution in [-0.2, 0) is 14.3 Å². The Labute approximate surface area is 129 Å². The van der Waals surface area contributed by atoms with E-state index in [0.29, 0.717) is 10.4 Å². The first-order valence-corrected chi connectivity index (χ1v) is 7.35. The second kappa shape index (κ2) is 7.37. The van der Waals surface area contributed by atoms with E-state index in [-0.39, 0.29) is 17.0 Å². The molecule has 0 aliphatic heterocycles. The number of benzene rings is 1. The van der Waals surface area contributed by atoms with Gasteiger partial charge in [0.05, 0.1) is 6.61 Å². The molecule has 1 amide bonds. The number of carbonyl (C=O) groups excluding carboxylic acids is 2. The number of para-hydroxylation sites is 1. The average molecular weight is 318 g/mol. The summed E-state index contributed by atoms with van der Waals surface area (Å²) in [5.41, 5.74) is 0.220. The van der Waals surface area contributed by atoms with Gasteiger partial charge in [0.15, 0.2) is 0 Å². The zero-order valence-corrected chi connectivity index (χ0v) is 12.6. The molecule has 0 unspecified atom stereocenters. The summed E-state index contributed by atoms with van der Waals surface area (Å²) in [6.07, 6.45) is 2.38. The summed E-state index contributed by atoms with van der Waals surface area (Å²) in [5.74, 6) is -0.957. The molecule has 0 aliphatic carbocycles. The second-order valence-corrected chi connectivity index (χ2v) is 5.26. The number of H-pyrrole nitrogens is 1. The normalized spacial score (nSPS) is 12.2. The minimum absolute atomic E-state index is 0.192. The zero-order valence-electron chi connectivity index (χ0n) is 11.8. The number of esters is 1. The third kappa shape index (κ3) is 4.42. The van der Waals surface area contributed by atoms with Crippen LogP contribution in [0.4, 0.5) is 5.69 Å². The van der Waals surface area contributed by atoms with Crippen molar-refractivity contribution in [3.63, 3.8) is 0 Å². The first kappa shape index (κ1) is 15.7. The molecular formula is C15H14N2O4S. The summed E-state index contributed by atoms with van der Waals surface area (Å²) in [6.45, 7) is 1.91. The van der Waals surface area contributed by atoms with Crippen LogP contribution in [-0.4, -0.2) is 23.5 Å². The topological polar surface area (TPSA) is 88.3 Å². The second-order valence-electron chi connectivity index (χ2n) is 4.18. The molecule has 0 aliphatic rings. The number of hydrogen-bond donors (Lipinski definition) is 2. The molecule has 0 bridgehead atoms. The SMILES string of the molecule is CCOC(=O)/C=c1\s/c(=C\C(=O)Nc2ccccc2)[nH]c1=O. The van der Waals surface area contributed by atoms with Crippen LogP contribution in [0.3, 0.4) is 0 Å². The number of rotatable bonds is 4. The Morgan fingerprint density at radius 1 is 1.27 bits per heavy atom. The molecule has 1 aromatic carbocycles. The van der Waals surface area contributed by atoms with E-state index in [4.69, 9.17) is 4.74 Å². The molecule has 0 radical (unpaired) electrons. The summed E-state index contributed by atoms with van der Waals surface area (Å²) in [4.78, 5) is 37.4. The van der Waals surface area contributed by atoms with Gasteiger partial charge in [0, 0.05) is 17.8 Å². The molecule has 6 nitrogen and oxygen atoms in total. The van der Waals surface area contributed by atoms with Crippen molar-refractivity contribution >= 4 is 41.1 Å². The van der Waals surface area contributed by atoms with E-state index in [1.807, 2.05) is 6.07 Å². The van der Waals surface area contributed by atoms with E-state index >= 15 is 0 Å². The van der Waals surface area contributed by atoms with Crippen molar-refractivity contribution < 1.29 is 14.3 Å². The molecule has 0 spiro atoms. The highest BCUT2D eigenvalue weighted by Gasteiger charge is 2.02. The van der Waals surface area contributed by atoms with Crippen LogP contribution in [0.1, 0.15) is 6.92 Å². The molecular weight excluding hydrogens is 304 g/mol. The maximum absolute atomic E-state index is 11.8. The molecule has 22 heavy (non-hydrogen) atoms. The number of anilines is 1. The minimum Gasteiger partial charge on any atom is -0.463 e. The average Bonchev–Trinajstić information content (AvgIpc) is 2.79. The highest BCUT2D eigenvalue weighted by Crippen LogP contribution is 2.04. The number of hydrogen-bond acceptors (Lipinski definition) is 5. The lowest BCUT2D eigenvalue weighted by atomic mass is 10.3. The number of aromatic amines is 1. The number of amides is 1. The number of thiazole rings is 1. The Morgan fingerprint density at radius 3 is 2.68 bits per heavy atom. The number of carbonyl (C=O) groups is 2. The van der Waals surface area contributed by atoms with Crippen LogP contribution in [0.15, 0.2) is 35.1 Å². The standard InChI is InChI=1S/C15H14N2O4S/c1-2-21-14(19)8-11-15(20)17-13(22-11)9-12(18)16-10-6-4-3-5-7-10/h3-9H,2H2,1H3,(H,16,18)(H,17,20)/b11-8-,13-9-. The Kier molecular flexibility index (Phi) is 5.26. The minimum atomic E-state index is -0.588. The van der Waals surface area contributed by atoms with Crippen LogP contribution >= 0.6 is 11.3 Å². The number of ether oxygens (including phenoxy) is 1. The van der Waals surface area contributed by atoms with Crippen LogP contribution in [0.5, 0.6) is 0 Å². The van der Waals surface area contributed by atoms with Gasteiger partial charge in [-0.3, -0.25) is 9.59 Å². The fourth-order valence-corrected chi connectivity index (χ4v) is 2.48. The van der Waals surface area contributed by atoms with Crippen molar-refractivity contribution in [1.82, 2.24) is 4.98 Å². The van der Waals surface area contributed by atoms with Gasteiger partial charge in [-0.25, -0.2) is 4.79 Å². The van der Waals surface area contributed by atoms with Gasteiger partial charge < -0.3 is 15.0 Å². The first-order valence-electron chi connectivity index (χ1n) is 6.54. The maximum Gasteiger partial charge on any atom is 0.332 e. The Balaban J connectivity index is 2.21. The fourth-order valence-electron chi connectivity index (χ4n) is 1.63. The number of aromatic nitrogens is 1. The van der Waals surface area contributed by atoms with Crippen LogP contribution in [0, 0.1) is 0 Å². The first-order chi connectivity index (χ1) is 10.6. The molecule has 0 fully saturated rings. The quantitative estimate of drug-likeness (QED) is 0.788.